The van der Waals surface area contributed by atoms with E-state index in [0.29, 0.717) is 5.69 Å². The lowest BCUT2D eigenvalue weighted by Crippen LogP contribution is -2.23. The first kappa shape index (κ1) is 14.2. The van der Waals surface area contributed by atoms with Gasteiger partial charge in [0.1, 0.15) is 0 Å². The first-order chi connectivity index (χ1) is 9.95. The van der Waals surface area contributed by atoms with Gasteiger partial charge in [-0.05, 0) is 26.0 Å². The Labute approximate surface area is 127 Å². The molecule has 0 aliphatic rings. The molecule has 0 amide bonds. The molecule has 0 spiro atoms. The number of hydrogen-bond donors (Lipinski definition) is 1. The van der Waals surface area contributed by atoms with E-state index < -0.39 is 10.0 Å². The van der Waals surface area contributed by atoms with E-state index in [-0.39, 0.29) is 11.4 Å². The van der Waals surface area contributed by atoms with Gasteiger partial charge in [-0.25, -0.2) is 18.1 Å². The second-order valence-electron chi connectivity index (χ2n) is 4.90. The molecule has 0 atom stereocenters. The Bertz CT molecular complexity index is 877. The minimum absolute atomic E-state index is 0.185. The summed E-state index contributed by atoms with van der Waals surface area (Å²) in [6, 6.07) is 6.77. The summed E-state index contributed by atoms with van der Waals surface area (Å²) in [5, 5.41) is 2.02. The van der Waals surface area contributed by atoms with Crippen LogP contribution in [0.3, 0.4) is 0 Å². The van der Waals surface area contributed by atoms with Gasteiger partial charge in [-0.2, -0.15) is 0 Å². The second-order valence-corrected chi connectivity index (χ2v) is 7.50. The highest BCUT2D eigenvalue weighted by Gasteiger charge is 2.14. The van der Waals surface area contributed by atoms with E-state index in [9.17, 15) is 8.42 Å². The van der Waals surface area contributed by atoms with Gasteiger partial charge in [0, 0.05) is 17.3 Å². The van der Waals surface area contributed by atoms with Crippen molar-refractivity contribution >= 4 is 26.3 Å². The molecule has 0 aliphatic heterocycles. The summed E-state index contributed by atoms with van der Waals surface area (Å²) in [5.41, 5.74) is 2.83. The Morgan fingerprint density at radius 3 is 2.62 bits per heavy atom. The molecule has 0 aliphatic carbocycles. The largest absolute Gasteiger partial charge is 0.295 e. The summed E-state index contributed by atoms with van der Waals surface area (Å²) in [4.78, 5) is 5.54. The zero-order chi connectivity index (χ0) is 15.0. The summed E-state index contributed by atoms with van der Waals surface area (Å²) in [6.07, 6.45) is 1.86. The Morgan fingerprint density at radius 1 is 1.24 bits per heavy atom. The van der Waals surface area contributed by atoms with Crippen LogP contribution < -0.4 is 4.72 Å². The fourth-order valence-corrected chi connectivity index (χ4v) is 3.86. The number of nitrogens with one attached hydrogen (secondary N) is 1. The van der Waals surface area contributed by atoms with Gasteiger partial charge in [-0.3, -0.25) is 4.40 Å². The molecule has 5 nitrogen and oxygen atoms in total. The van der Waals surface area contributed by atoms with Gasteiger partial charge < -0.3 is 0 Å². The number of sulfonamides is 1. The first-order valence-electron chi connectivity index (χ1n) is 6.44. The smallest absolute Gasteiger partial charge is 0.240 e. The monoisotopic (exact) mass is 321 g/mol. The summed E-state index contributed by atoms with van der Waals surface area (Å²) in [5.74, 6) is 0. The molecule has 0 unspecified atom stereocenters. The van der Waals surface area contributed by atoms with E-state index in [1.165, 1.54) is 0 Å². The lowest BCUT2D eigenvalue weighted by Gasteiger charge is -2.05. The highest BCUT2D eigenvalue weighted by atomic mass is 32.2. The fourth-order valence-electron chi connectivity index (χ4n) is 2.00. The molecule has 0 fully saturated rings. The van der Waals surface area contributed by atoms with Crippen LogP contribution in [0.2, 0.25) is 0 Å². The van der Waals surface area contributed by atoms with Crippen LogP contribution in [0.5, 0.6) is 0 Å². The van der Waals surface area contributed by atoms with Crippen molar-refractivity contribution in [3.05, 3.63) is 52.8 Å². The zero-order valence-corrected chi connectivity index (χ0v) is 13.3. The normalized spacial score (nSPS) is 12.1. The molecule has 0 saturated heterocycles. The van der Waals surface area contributed by atoms with Crippen molar-refractivity contribution in [2.45, 2.75) is 25.3 Å². The molecule has 1 N–H and O–H groups in total. The molecule has 2 heterocycles. The maximum atomic E-state index is 12.2. The third-order valence-corrected chi connectivity index (χ3v) is 5.59. The molecule has 21 heavy (non-hydrogen) atoms. The van der Waals surface area contributed by atoms with Crippen LogP contribution in [0, 0.1) is 13.8 Å². The number of benzene rings is 1. The van der Waals surface area contributed by atoms with E-state index in [2.05, 4.69) is 9.71 Å². The van der Waals surface area contributed by atoms with Crippen molar-refractivity contribution in [3.8, 4) is 0 Å². The number of fused-ring (bicyclic) bond motifs is 1. The average molecular weight is 321 g/mol. The summed E-state index contributed by atoms with van der Waals surface area (Å²) < 4.78 is 28.9. The number of rotatable bonds is 4. The van der Waals surface area contributed by atoms with Crippen molar-refractivity contribution in [2.24, 2.45) is 0 Å². The number of aryl methyl sites for hydroxylation is 2. The van der Waals surface area contributed by atoms with E-state index in [1.54, 1.807) is 35.6 Å². The molecule has 0 radical (unpaired) electrons. The van der Waals surface area contributed by atoms with Crippen molar-refractivity contribution in [1.29, 1.82) is 0 Å². The van der Waals surface area contributed by atoms with Gasteiger partial charge in [-0.15, -0.1) is 11.3 Å². The number of hydrogen-bond acceptors (Lipinski definition) is 4. The molecule has 3 aromatic rings. The first-order valence-corrected chi connectivity index (χ1v) is 8.80. The summed E-state index contributed by atoms with van der Waals surface area (Å²) in [7, 11) is -3.50. The molecular weight excluding hydrogens is 306 g/mol. The Kier molecular flexibility index (Phi) is 3.56. The Balaban J connectivity index is 1.78. The minimum atomic E-state index is -3.50. The van der Waals surface area contributed by atoms with Crippen molar-refractivity contribution in [2.75, 3.05) is 0 Å². The quantitative estimate of drug-likeness (QED) is 0.803. The van der Waals surface area contributed by atoms with Crippen molar-refractivity contribution in [3.63, 3.8) is 0 Å². The van der Waals surface area contributed by atoms with Crippen molar-refractivity contribution < 1.29 is 8.42 Å². The Morgan fingerprint density at radius 2 is 1.95 bits per heavy atom. The Hall–Kier alpha value is -1.70. The summed E-state index contributed by atoms with van der Waals surface area (Å²) in [6.45, 7) is 4.10. The number of imidazole rings is 1. The standard InChI is InChI=1S/C14H15N3O2S2/c1-10-3-5-13(6-4-10)21(18,19)15-7-12-8-17-11(2)9-20-14(17)16-12/h3-6,8-9,15H,7H2,1-2H3. The van der Waals surface area contributed by atoms with Crippen LogP contribution in [0.1, 0.15) is 17.0 Å². The van der Waals surface area contributed by atoms with Crippen LogP contribution in [-0.2, 0) is 16.6 Å². The minimum Gasteiger partial charge on any atom is -0.295 e. The van der Waals surface area contributed by atoms with Crippen molar-refractivity contribution in [1.82, 2.24) is 14.1 Å². The second kappa shape index (κ2) is 5.25. The maximum Gasteiger partial charge on any atom is 0.240 e. The van der Waals surface area contributed by atoms with Gasteiger partial charge in [0.15, 0.2) is 4.96 Å². The summed E-state index contributed by atoms with van der Waals surface area (Å²) >= 11 is 1.54. The number of nitrogens with zero attached hydrogens (tertiary/aromatic N) is 2. The van der Waals surface area contributed by atoms with E-state index >= 15 is 0 Å². The van der Waals surface area contributed by atoms with Gasteiger partial charge in [0.25, 0.3) is 0 Å². The van der Waals surface area contributed by atoms with Crippen LogP contribution >= 0.6 is 11.3 Å². The molecule has 7 heteroatoms. The third kappa shape index (κ3) is 2.85. The van der Waals surface area contributed by atoms with E-state index in [0.717, 1.165) is 16.2 Å². The SMILES string of the molecule is Cc1ccc(S(=O)(=O)NCc2cn3c(C)csc3n2)cc1. The molecule has 1 aromatic carbocycles. The predicted molar refractivity (Wildman–Crippen MR) is 83.0 cm³/mol. The molecule has 0 saturated carbocycles. The van der Waals surface area contributed by atoms with Crippen LogP contribution in [-0.4, -0.2) is 17.8 Å². The van der Waals surface area contributed by atoms with Gasteiger partial charge >= 0.3 is 0 Å². The maximum absolute atomic E-state index is 12.2. The average Bonchev–Trinajstić information content (AvgIpc) is 3.00. The lowest BCUT2D eigenvalue weighted by atomic mass is 10.2. The topological polar surface area (TPSA) is 63.5 Å². The molecule has 0 bridgehead atoms. The fraction of sp³-hybridized carbons (Fsp3) is 0.214. The molecular formula is C14H15N3O2S2. The van der Waals surface area contributed by atoms with Crippen LogP contribution in [0.25, 0.3) is 4.96 Å². The predicted octanol–water partition coefficient (Wildman–Crippen LogP) is 2.49. The highest BCUT2D eigenvalue weighted by molar-refractivity contribution is 7.89. The van der Waals surface area contributed by atoms with E-state index in [1.807, 2.05) is 29.8 Å². The zero-order valence-electron chi connectivity index (χ0n) is 11.7. The lowest BCUT2D eigenvalue weighted by molar-refractivity contribution is 0.580. The number of thiazole rings is 1. The van der Waals surface area contributed by atoms with Gasteiger partial charge in [0.2, 0.25) is 10.0 Å². The van der Waals surface area contributed by atoms with Crippen LogP contribution in [0.4, 0.5) is 0 Å². The molecule has 110 valence electrons. The molecule has 3 rings (SSSR count). The molecule has 2 aromatic heterocycles. The van der Waals surface area contributed by atoms with E-state index in [4.69, 9.17) is 0 Å². The number of aromatic nitrogens is 2. The third-order valence-electron chi connectivity index (χ3n) is 3.21. The highest BCUT2D eigenvalue weighted by Crippen LogP contribution is 2.16. The van der Waals surface area contributed by atoms with Crippen LogP contribution in [0.15, 0.2) is 40.7 Å². The van der Waals surface area contributed by atoms with Gasteiger partial charge in [0.05, 0.1) is 17.1 Å². The van der Waals surface area contributed by atoms with Gasteiger partial charge in [-0.1, -0.05) is 17.7 Å².